The fraction of sp³-hybridized carbons (Fsp3) is 0.286. The number of esters is 1. The maximum atomic E-state index is 11.1. The van der Waals surface area contributed by atoms with Crippen molar-refractivity contribution in [2.24, 2.45) is 0 Å². The van der Waals surface area contributed by atoms with Crippen LogP contribution in [0.2, 0.25) is 5.15 Å². The fourth-order valence-corrected chi connectivity index (χ4v) is 0.939. The van der Waals surface area contributed by atoms with Crippen LogP contribution < -0.4 is 5.73 Å². The Kier molecular flexibility index (Phi) is 3.02. The highest BCUT2D eigenvalue weighted by atomic mass is 35.5. The van der Waals surface area contributed by atoms with Crippen molar-refractivity contribution in [2.75, 3.05) is 12.3 Å². The number of rotatable bonds is 2. The van der Waals surface area contributed by atoms with Crippen molar-refractivity contribution in [3.05, 3.63) is 17.0 Å². The lowest BCUT2D eigenvalue weighted by Gasteiger charge is -2.01. The first-order valence-corrected chi connectivity index (χ1v) is 3.98. The Morgan fingerprint density at radius 2 is 2.46 bits per heavy atom. The first kappa shape index (κ1) is 9.73. The van der Waals surface area contributed by atoms with E-state index in [1.807, 2.05) is 0 Å². The van der Waals surface area contributed by atoms with E-state index in [9.17, 15) is 4.79 Å². The van der Waals surface area contributed by atoms with E-state index in [1.165, 1.54) is 6.20 Å². The summed E-state index contributed by atoms with van der Waals surface area (Å²) in [5.74, 6) is -0.432. The molecule has 2 N–H and O–H groups in total. The van der Waals surface area contributed by atoms with Crippen LogP contribution >= 0.6 is 11.6 Å². The van der Waals surface area contributed by atoms with E-state index >= 15 is 0 Å². The van der Waals surface area contributed by atoms with E-state index in [1.54, 1.807) is 6.92 Å². The Morgan fingerprint density at radius 1 is 1.77 bits per heavy atom. The van der Waals surface area contributed by atoms with E-state index in [4.69, 9.17) is 17.3 Å². The Balaban J connectivity index is 2.95. The van der Waals surface area contributed by atoms with E-state index in [2.05, 4.69) is 14.7 Å². The maximum absolute atomic E-state index is 11.1. The largest absolute Gasteiger partial charge is 0.461 e. The summed E-state index contributed by atoms with van der Waals surface area (Å²) in [4.78, 5) is 18.5. The first-order chi connectivity index (χ1) is 6.15. The summed E-state index contributed by atoms with van der Waals surface area (Å²) >= 11 is 5.61. The van der Waals surface area contributed by atoms with Gasteiger partial charge in [0.05, 0.1) is 12.8 Å². The van der Waals surface area contributed by atoms with Gasteiger partial charge in [-0.25, -0.2) is 14.8 Å². The number of carbonyl (C=O) groups excluding carboxylic acids is 1. The number of nitrogen functional groups attached to an aromatic ring is 1. The fourth-order valence-electron chi connectivity index (χ4n) is 0.715. The van der Waals surface area contributed by atoms with Crippen molar-refractivity contribution < 1.29 is 9.53 Å². The van der Waals surface area contributed by atoms with Gasteiger partial charge in [-0.15, -0.1) is 0 Å². The van der Waals surface area contributed by atoms with E-state index in [-0.39, 0.29) is 23.3 Å². The summed E-state index contributed by atoms with van der Waals surface area (Å²) in [5.41, 5.74) is 5.28. The summed E-state index contributed by atoms with van der Waals surface area (Å²) in [6.45, 7) is 1.96. The van der Waals surface area contributed by atoms with Crippen LogP contribution in [0.5, 0.6) is 0 Å². The SMILES string of the molecule is CCOC(=O)c1ncc(N)nc1Cl. The van der Waals surface area contributed by atoms with Crippen LogP contribution in [0.3, 0.4) is 0 Å². The first-order valence-electron chi connectivity index (χ1n) is 3.60. The van der Waals surface area contributed by atoms with Crippen LogP contribution in [0.1, 0.15) is 17.4 Å². The van der Waals surface area contributed by atoms with Crippen molar-refractivity contribution in [1.82, 2.24) is 9.97 Å². The van der Waals surface area contributed by atoms with Crippen LogP contribution in [0, 0.1) is 0 Å². The standard InChI is InChI=1S/C7H8ClN3O2/c1-2-13-7(12)5-6(8)11-4(9)3-10-5/h3H,2H2,1H3,(H2,9,11). The predicted octanol–water partition coefficient (Wildman–Crippen LogP) is 0.889. The molecule has 13 heavy (non-hydrogen) atoms. The Morgan fingerprint density at radius 3 is 3.00 bits per heavy atom. The zero-order valence-electron chi connectivity index (χ0n) is 6.95. The molecular weight excluding hydrogens is 194 g/mol. The second-order valence-corrected chi connectivity index (χ2v) is 2.51. The van der Waals surface area contributed by atoms with E-state index < -0.39 is 5.97 Å². The Hall–Kier alpha value is -1.36. The number of aromatic nitrogens is 2. The third-order valence-electron chi connectivity index (χ3n) is 1.22. The highest BCUT2D eigenvalue weighted by Gasteiger charge is 2.14. The van der Waals surface area contributed by atoms with Gasteiger partial charge in [0.2, 0.25) is 0 Å². The van der Waals surface area contributed by atoms with Gasteiger partial charge in [0.25, 0.3) is 0 Å². The monoisotopic (exact) mass is 201 g/mol. The van der Waals surface area contributed by atoms with Gasteiger partial charge in [0, 0.05) is 0 Å². The highest BCUT2D eigenvalue weighted by Crippen LogP contribution is 2.12. The molecule has 0 saturated carbocycles. The quantitative estimate of drug-likeness (QED) is 0.719. The van der Waals surface area contributed by atoms with Crippen molar-refractivity contribution >= 4 is 23.4 Å². The number of hydrogen-bond acceptors (Lipinski definition) is 5. The second-order valence-electron chi connectivity index (χ2n) is 2.15. The molecule has 5 nitrogen and oxygen atoms in total. The third-order valence-corrected chi connectivity index (χ3v) is 1.48. The second kappa shape index (κ2) is 4.04. The number of nitrogens with zero attached hydrogens (tertiary/aromatic N) is 2. The summed E-state index contributed by atoms with van der Waals surface area (Å²) in [6, 6.07) is 0. The topological polar surface area (TPSA) is 78.1 Å². The highest BCUT2D eigenvalue weighted by molar-refractivity contribution is 6.32. The summed E-state index contributed by atoms with van der Waals surface area (Å²) in [5, 5.41) is -0.0431. The molecule has 0 bridgehead atoms. The third kappa shape index (κ3) is 2.29. The van der Waals surface area contributed by atoms with Gasteiger partial charge in [-0.2, -0.15) is 0 Å². The zero-order valence-corrected chi connectivity index (χ0v) is 7.71. The predicted molar refractivity (Wildman–Crippen MR) is 47.4 cm³/mol. The van der Waals surface area contributed by atoms with Gasteiger partial charge >= 0.3 is 5.97 Å². The average molecular weight is 202 g/mol. The number of ether oxygens (including phenoxy) is 1. The molecule has 0 unspecified atom stereocenters. The molecule has 0 atom stereocenters. The molecule has 0 radical (unpaired) electrons. The van der Waals surface area contributed by atoms with E-state index in [0.717, 1.165) is 0 Å². The van der Waals surface area contributed by atoms with Gasteiger partial charge in [-0.1, -0.05) is 11.6 Å². The van der Waals surface area contributed by atoms with Gasteiger partial charge in [-0.3, -0.25) is 0 Å². The molecule has 6 heteroatoms. The average Bonchev–Trinajstić information content (AvgIpc) is 2.04. The molecular formula is C7H8ClN3O2. The summed E-state index contributed by atoms with van der Waals surface area (Å²) < 4.78 is 4.68. The number of hydrogen-bond donors (Lipinski definition) is 1. The van der Waals surface area contributed by atoms with Gasteiger partial charge < -0.3 is 10.5 Å². The number of carbonyl (C=O) groups is 1. The van der Waals surface area contributed by atoms with Gasteiger partial charge in [0.1, 0.15) is 5.82 Å². The molecule has 0 aliphatic heterocycles. The molecule has 1 rings (SSSR count). The van der Waals surface area contributed by atoms with Crippen molar-refractivity contribution in [3.8, 4) is 0 Å². The van der Waals surface area contributed by atoms with Crippen LogP contribution in [0.25, 0.3) is 0 Å². The number of halogens is 1. The molecule has 1 heterocycles. The molecule has 0 saturated heterocycles. The smallest absolute Gasteiger partial charge is 0.360 e. The normalized spacial score (nSPS) is 9.69. The molecule has 1 aromatic heterocycles. The van der Waals surface area contributed by atoms with Crippen molar-refractivity contribution in [3.63, 3.8) is 0 Å². The molecule has 0 aliphatic carbocycles. The number of nitrogens with two attached hydrogens (primary N) is 1. The summed E-state index contributed by atoms with van der Waals surface area (Å²) in [7, 11) is 0. The molecule has 0 fully saturated rings. The molecule has 1 aromatic rings. The number of anilines is 1. The lowest BCUT2D eigenvalue weighted by atomic mass is 10.4. The minimum Gasteiger partial charge on any atom is -0.461 e. The molecule has 0 aliphatic rings. The van der Waals surface area contributed by atoms with Crippen molar-refractivity contribution in [1.29, 1.82) is 0 Å². The Labute approximate surface area is 79.9 Å². The van der Waals surface area contributed by atoms with Crippen LogP contribution in [-0.2, 0) is 4.74 Å². The lowest BCUT2D eigenvalue weighted by molar-refractivity contribution is 0.0519. The summed E-state index contributed by atoms with van der Waals surface area (Å²) in [6.07, 6.45) is 1.25. The lowest BCUT2D eigenvalue weighted by Crippen LogP contribution is -2.09. The molecule has 0 spiro atoms. The Bertz CT molecular complexity index is 330. The van der Waals surface area contributed by atoms with Crippen LogP contribution in [-0.4, -0.2) is 22.5 Å². The van der Waals surface area contributed by atoms with Crippen LogP contribution in [0.15, 0.2) is 6.20 Å². The minimum absolute atomic E-state index is 0.0160. The molecule has 0 aromatic carbocycles. The van der Waals surface area contributed by atoms with Crippen LogP contribution in [0.4, 0.5) is 5.82 Å². The zero-order chi connectivity index (χ0) is 9.84. The van der Waals surface area contributed by atoms with Gasteiger partial charge in [0.15, 0.2) is 10.8 Å². The van der Waals surface area contributed by atoms with Gasteiger partial charge in [-0.05, 0) is 6.92 Å². The maximum Gasteiger partial charge on any atom is 0.360 e. The molecule has 0 amide bonds. The minimum atomic E-state index is -0.597. The van der Waals surface area contributed by atoms with Crippen molar-refractivity contribution in [2.45, 2.75) is 6.92 Å². The molecule has 70 valence electrons. The van der Waals surface area contributed by atoms with E-state index in [0.29, 0.717) is 0 Å².